The number of Topliss-reactive ketones (excluding diaryl/α,β-unsaturated/α-hetero) is 1. The van der Waals surface area contributed by atoms with Gasteiger partial charge in [0.1, 0.15) is 6.04 Å². The summed E-state index contributed by atoms with van der Waals surface area (Å²) < 4.78 is 0. The molecule has 0 saturated heterocycles. The minimum Gasteiger partial charge on any atom is -0.361 e. The molecule has 3 amide bonds. The minimum absolute atomic E-state index is 0.188. The number of thiazole rings is 1. The van der Waals surface area contributed by atoms with Crippen LogP contribution < -0.4 is 16.0 Å². The van der Waals surface area contributed by atoms with Crippen molar-refractivity contribution in [3.8, 4) is 0 Å². The lowest BCUT2D eigenvalue weighted by atomic mass is 10.00. The topological polar surface area (TPSA) is 133 Å². The first-order valence-electron chi connectivity index (χ1n) is 13.3. The molecule has 2 aromatic heterocycles. The lowest BCUT2D eigenvalue weighted by molar-refractivity contribution is -0.130. The average Bonchev–Trinajstić information content (AvgIpc) is 3.64. The zero-order valence-corrected chi connectivity index (χ0v) is 24.8. The molecule has 4 N–H and O–H groups in total. The molecule has 0 radical (unpaired) electrons. The van der Waals surface area contributed by atoms with Crippen LogP contribution in [0, 0.1) is 0 Å². The molecule has 0 aliphatic carbocycles. The molecule has 2 aromatic rings. The first-order valence-corrected chi connectivity index (χ1v) is 14.2. The summed E-state index contributed by atoms with van der Waals surface area (Å²) in [4.78, 5) is 58.0. The van der Waals surface area contributed by atoms with Crippen molar-refractivity contribution in [2.45, 2.75) is 66.0 Å². The van der Waals surface area contributed by atoms with E-state index in [1.54, 1.807) is 30.7 Å². The van der Waals surface area contributed by atoms with Crippen molar-refractivity contribution >= 4 is 47.0 Å². The number of nitrogens with zero attached hydrogens (tertiary/aromatic N) is 1. The highest BCUT2D eigenvalue weighted by atomic mass is 32.1. The third-order valence-electron chi connectivity index (χ3n) is 5.66. The number of hydrogen-bond acceptors (Lipinski definition) is 6. The Morgan fingerprint density at radius 2 is 1.80 bits per heavy atom. The van der Waals surface area contributed by atoms with Crippen LogP contribution in [0.25, 0.3) is 12.2 Å². The van der Waals surface area contributed by atoms with Crippen molar-refractivity contribution < 1.29 is 19.2 Å². The van der Waals surface area contributed by atoms with Crippen molar-refractivity contribution in [3.05, 3.63) is 76.6 Å². The Bertz CT molecular complexity index is 1210. The summed E-state index contributed by atoms with van der Waals surface area (Å²) in [6, 6.07) is -1.75. The molecule has 2 unspecified atom stereocenters. The van der Waals surface area contributed by atoms with Gasteiger partial charge in [0.15, 0.2) is 5.01 Å². The van der Waals surface area contributed by atoms with Gasteiger partial charge in [-0.1, -0.05) is 63.8 Å². The standard InChI is InChI=1S/C28H35N5O4S.C2H6/c1-6-10-11-18(5)14-23(33-24(34)9-4)27(37)31-17-25(35)32-22(26(36)28-29-12-13-38-28)15-19-16-30-21(8-3)20(19)7-2;1-2/h6-8,10-13,16,22-23,30H,2-3,9,14-15,17H2,1,4-5H3,(H,31,37)(H,32,35)(H,33,34);1-2H3/b10-6-,18-11+;. The Labute approximate surface area is 240 Å². The lowest BCUT2D eigenvalue weighted by Gasteiger charge is -2.20. The number of aromatic nitrogens is 2. The first-order chi connectivity index (χ1) is 19.2. The van der Waals surface area contributed by atoms with Crippen LogP contribution in [0.1, 0.15) is 74.1 Å². The summed E-state index contributed by atoms with van der Waals surface area (Å²) in [6.07, 6.45) is 12.8. The number of hydrogen-bond donors (Lipinski definition) is 4. The fourth-order valence-corrected chi connectivity index (χ4v) is 4.32. The molecule has 2 heterocycles. The van der Waals surface area contributed by atoms with Crippen molar-refractivity contribution in [1.82, 2.24) is 25.9 Å². The van der Waals surface area contributed by atoms with Gasteiger partial charge in [0, 0.05) is 41.9 Å². The van der Waals surface area contributed by atoms with E-state index in [0.717, 1.165) is 22.4 Å². The van der Waals surface area contributed by atoms with Crippen LogP contribution >= 0.6 is 11.3 Å². The van der Waals surface area contributed by atoms with E-state index in [1.165, 1.54) is 17.5 Å². The van der Waals surface area contributed by atoms with E-state index in [9.17, 15) is 19.2 Å². The third-order valence-corrected chi connectivity index (χ3v) is 6.45. The molecular weight excluding hydrogens is 526 g/mol. The fourth-order valence-electron chi connectivity index (χ4n) is 3.69. The second kappa shape index (κ2) is 18.3. The van der Waals surface area contributed by atoms with E-state index < -0.39 is 23.9 Å². The largest absolute Gasteiger partial charge is 0.361 e. The van der Waals surface area contributed by atoms with E-state index in [4.69, 9.17) is 0 Å². The van der Waals surface area contributed by atoms with Crippen LogP contribution in [-0.2, 0) is 20.8 Å². The average molecular weight is 568 g/mol. The number of H-pyrrole nitrogens is 1. The van der Waals surface area contributed by atoms with Crippen LogP contribution in [0.5, 0.6) is 0 Å². The molecule has 0 spiro atoms. The van der Waals surface area contributed by atoms with E-state index in [1.807, 2.05) is 45.9 Å². The quantitative estimate of drug-likeness (QED) is 0.184. The summed E-state index contributed by atoms with van der Waals surface area (Å²) in [5.74, 6) is -1.65. The summed E-state index contributed by atoms with van der Waals surface area (Å²) >= 11 is 1.18. The van der Waals surface area contributed by atoms with Crippen LogP contribution in [0.4, 0.5) is 0 Å². The van der Waals surface area contributed by atoms with Crippen LogP contribution in [-0.4, -0.2) is 52.1 Å². The van der Waals surface area contributed by atoms with E-state index in [0.29, 0.717) is 0 Å². The van der Waals surface area contributed by atoms with Crippen molar-refractivity contribution in [3.63, 3.8) is 0 Å². The number of amides is 3. The molecule has 0 fully saturated rings. The summed E-state index contributed by atoms with van der Waals surface area (Å²) in [6.45, 7) is 16.7. The molecule has 0 saturated carbocycles. The van der Waals surface area contributed by atoms with Gasteiger partial charge < -0.3 is 20.9 Å². The zero-order chi connectivity index (χ0) is 30.1. The fraction of sp³-hybridized carbons (Fsp3) is 0.367. The molecule has 0 aliphatic rings. The van der Waals surface area contributed by atoms with Crippen molar-refractivity contribution in [2.75, 3.05) is 6.54 Å². The molecule has 2 atom stereocenters. The van der Waals surface area contributed by atoms with Gasteiger partial charge >= 0.3 is 0 Å². The second-order valence-corrected chi connectivity index (χ2v) is 9.40. The number of carbonyl (C=O) groups excluding carboxylic acids is 4. The number of rotatable bonds is 15. The zero-order valence-electron chi connectivity index (χ0n) is 24.0. The maximum absolute atomic E-state index is 13.2. The Kier molecular flexibility index (Phi) is 15.5. The summed E-state index contributed by atoms with van der Waals surface area (Å²) in [5, 5.41) is 9.96. The second-order valence-electron chi connectivity index (χ2n) is 8.51. The predicted molar refractivity (Wildman–Crippen MR) is 163 cm³/mol. The highest BCUT2D eigenvalue weighted by Gasteiger charge is 2.27. The van der Waals surface area contributed by atoms with Crippen LogP contribution in [0.2, 0.25) is 0 Å². The Morgan fingerprint density at radius 3 is 2.38 bits per heavy atom. The molecular formula is C30H41N5O4S. The van der Waals surface area contributed by atoms with Gasteiger partial charge in [-0.25, -0.2) is 4.98 Å². The van der Waals surface area contributed by atoms with Gasteiger partial charge in [-0.2, -0.15) is 0 Å². The third kappa shape index (κ3) is 10.6. The number of allylic oxidation sites excluding steroid dienone is 3. The molecule has 10 heteroatoms. The number of carbonyl (C=O) groups is 4. The molecule has 2 rings (SSSR count). The Morgan fingerprint density at radius 1 is 1.10 bits per heavy atom. The molecule has 0 aliphatic heterocycles. The maximum atomic E-state index is 13.2. The maximum Gasteiger partial charge on any atom is 0.243 e. The van der Waals surface area contributed by atoms with Crippen molar-refractivity contribution in [2.24, 2.45) is 0 Å². The lowest BCUT2D eigenvalue weighted by Crippen LogP contribution is -2.51. The van der Waals surface area contributed by atoms with Crippen LogP contribution in [0.3, 0.4) is 0 Å². The normalized spacial score (nSPS) is 12.5. The van der Waals surface area contributed by atoms with Gasteiger partial charge in [-0.3, -0.25) is 19.2 Å². The number of aromatic amines is 1. The summed E-state index contributed by atoms with van der Waals surface area (Å²) in [5.41, 5.74) is 3.21. The van der Waals surface area contributed by atoms with Crippen molar-refractivity contribution in [1.29, 1.82) is 0 Å². The highest BCUT2D eigenvalue weighted by Crippen LogP contribution is 2.20. The van der Waals surface area contributed by atoms with Gasteiger partial charge in [0.25, 0.3) is 0 Å². The van der Waals surface area contributed by atoms with E-state index in [2.05, 4.69) is 39.1 Å². The summed E-state index contributed by atoms with van der Waals surface area (Å²) in [7, 11) is 0. The molecule has 0 bridgehead atoms. The minimum atomic E-state index is -0.917. The first kappa shape index (κ1) is 34.0. The smallest absolute Gasteiger partial charge is 0.243 e. The van der Waals surface area contributed by atoms with Gasteiger partial charge in [0.05, 0.1) is 12.6 Å². The Hall–Kier alpha value is -4.05. The molecule has 0 aromatic carbocycles. The van der Waals surface area contributed by atoms with Gasteiger partial charge in [-0.05, 0) is 31.9 Å². The number of ketones is 1. The van der Waals surface area contributed by atoms with Gasteiger partial charge in [-0.15, -0.1) is 11.3 Å². The predicted octanol–water partition coefficient (Wildman–Crippen LogP) is 4.62. The highest BCUT2D eigenvalue weighted by molar-refractivity contribution is 7.11. The molecule has 9 nitrogen and oxygen atoms in total. The van der Waals surface area contributed by atoms with Gasteiger partial charge in [0.2, 0.25) is 23.5 Å². The molecule has 40 heavy (non-hydrogen) atoms. The van der Waals surface area contributed by atoms with E-state index >= 15 is 0 Å². The van der Waals surface area contributed by atoms with Crippen LogP contribution in [0.15, 0.2) is 54.7 Å². The number of nitrogens with one attached hydrogen (secondary N) is 4. The van der Waals surface area contributed by atoms with E-state index in [-0.39, 0.29) is 42.5 Å². The SMILES string of the molecule is C=Cc1[nH]cc(CC(NC(=O)CNC(=O)C(C/C(C)=C/C=C\C)NC(=O)CC)C(=O)c2nccs2)c1C=C.CC. The monoisotopic (exact) mass is 567 g/mol. The Balaban J connectivity index is 0.00000391. The molecule has 216 valence electrons.